The predicted octanol–water partition coefficient (Wildman–Crippen LogP) is 4.89. The Hall–Kier alpha value is -2.25. The Morgan fingerprint density at radius 3 is 2.52 bits per heavy atom. The molecule has 0 heterocycles. The molecule has 146 valence electrons. The van der Waals surface area contributed by atoms with Crippen molar-refractivity contribution in [2.75, 3.05) is 37.8 Å². The first-order valence-electron chi connectivity index (χ1n) is 8.26. The minimum Gasteiger partial charge on any atom is -0.383 e. The van der Waals surface area contributed by atoms with E-state index in [4.69, 9.17) is 11.6 Å². The molecule has 0 saturated heterocycles. The number of benzene rings is 2. The molecule has 0 aliphatic carbocycles. The van der Waals surface area contributed by atoms with Crippen molar-refractivity contribution in [3.05, 3.63) is 58.1 Å². The van der Waals surface area contributed by atoms with Crippen LogP contribution in [0.15, 0.2) is 36.4 Å². The fourth-order valence-electron chi connectivity index (χ4n) is 2.54. The summed E-state index contributed by atoms with van der Waals surface area (Å²) in [6.07, 6.45) is -4.60. The van der Waals surface area contributed by atoms with E-state index in [1.54, 1.807) is 19.1 Å². The van der Waals surface area contributed by atoms with Crippen LogP contribution in [0.2, 0.25) is 5.02 Å². The number of hydrogen-bond acceptors (Lipinski definition) is 3. The maximum absolute atomic E-state index is 13.0. The van der Waals surface area contributed by atoms with Crippen molar-refractivity contribution in [2.24, 2.45) is 0 Å². The normalized spacial score (nSPS) is 11.6. The number of hydrogen-bond donors (Lipinski definition) is 2. The molecule has 0 unspecified atom stereocenters. The summed E-state index contributed by atoms with van der Waals surface area (Å²) in [5, 5.41) is 5.31. The predicted molar refractivity (Wildman–Crippen MR) is 103 cm³/mol. The molecular weight excluding hydrogens is 379 g/mol. The van der Waals surface area contributed by atoms with E-state index in [-0.39, 0.29) is 5.69 Å². The monoisotopic (exact) mass is 399 g/mol. The smallest absolute Gasteiger partial charge is 0.383 e. The van der Waals surface area contributed by atoms with E-state index in [1.165, 1.54) is 6.07 Å². The summed E-state index contributed by atoms with van der Waals surface area (Å²) in [4.78, 5) is 14.7. The average molecular weight is 400 g/mol. The third kappa shape index (κ3) is 5.61. The van der Waals surface area contributed by atoms with Crippen LogP contribution in [0.25, 0.3) is 0 Å². The van der Waals surface area contributed by atoms with E-state index in [0.29, 0.717) is 23.4 Å². The van der Waals surface area contributed by atoms with Crippen molar-refractivity contribution in [1.29, 1.82) is 0 Å². The molecule has 0 bridgehead atoms. The molecule has 0 spiro atoms. The van der Waals surface area contributed by atoms with Gasteiger partial charge in [-0.05, 0) is 50.8 Å². The van der Waals surface area contributed by atoms with Crippen LogP contribution in [0.1, 0.15) is 21.5 Å². The number of halogens is 4. The van der Waals surface area contributed by atoms with Crippen molar-refractivity contribution in [3.8, 4) is 0 Å². The number of nitrogens with one attached hydrogen (secondary N) is 2. The van der Waals surface area contributed by atoms with Crippen LogP contribution >= 0.6 is 11.6 Å². The minimum absolute atomic E-state index is 0.0271. The fourth-order valence-corrected chi connectivity index (χ4v) is 2.77. The van der Waals surface area contributed by atoms with Gasteiger partial charge in [0.15, 0.2) is 0 Å². The number of nitrogens with zero attached hydrogens (tertiary/aromatic N) is 1. The molecule has 0 radical (unpaired) electrons. The number of anilines is 2. The Balaban J connectivity index is 2.26. The number of amides is 1. The van der Waals surface area contributed by atoms with Gasteiger partial charge in [-0.3, -0.25) is 4.79 Å². The Labute approximate surface area is 161 Å². The van der Waals surface area contributed by atoms with Crippen LogP contribution in [-0.4, -0.2) is 38.0 Å². The molecule has 0 fully saturated rings. The number of likely N-dealkylation sites (N-methyl/N-ethyl adjacent to an activating group) is 1. The summed E-state index contributed by atoms with van der Waals surface area (Å²) in [5.41, 5.74) is 0.766. The molecule has 0 saturated carbocycles. The van der Waals surface area contributed by atoms with Crippen LogP contribution in [0.5, 0.6) is 0 Å². The number of carbonyl (C=O) groups excluding carboxylic acids is 1. The first-order chi connectivity index (χ1) is 12.6. The van der Waals surface area contributed by atoms with Gasteiger partial charge in [0.05, 0.1) is 16.1 Å². The van der Waals surface area contributed by atoms with Gasteiger partial charge in [-0.2, -0.15) is 13.2 Å². The fraction of sp³-hybridized carbons (Fsp3) is 0.316. The number of carbonyl (C=O) groups is 1. The van der Waals surface area contributed by atoms with Gasteiger partial charge < -0.3 is 15.5 Å². The highest BCUT2D eigenvalue weighted by molar-refractivity contribution is 6.31. The zero-order valence-electron chi connectivity index (χ0n) is 15.2. The Kier molecular flexibility index (Phi) is 6.73. The lowest BCUT2D eigenvalue weighted by Gasteiger charge is -2.17. The Morgan fingerprint density at radius 1 is 1.19 bits per heavy atom. The van der Waals surface area contributed by atoms with E-state index < -0.39 is 22.7 Å². The molecule has 4 nitrogen and oxygen atoms in total. The SMILES string of the molecule is Cc1cccc(NCCN(C)C)c1C(=O)Nc1ccc(Cl)c(C(F)(F)F)c1. The molecule has 0 aliphatic heterocycles. The Bertz CT molecular complexity index is 822. The third-order valence-electron chi connectivity index (χ3n) is 3.90. The number of aryl methyl sites for hydroxylation is 1. The first kappa shape index (κ1) is 21.1. The van der Waals surface area contributed by atoms with Gasteiger partial charge in [0.2, 0.25) is 0 Å². The van der Waals surface area contributed by atoms with Crippen LogP contribution < -0.4 is 10.6 Å². The zero-order valence-corrected chi connectivity index (χ0v) is 16.0. The summed E-state index contributed by atoms with van der Waals surface area (Å²) < 4.78 is 39.0. The maximum atomic E-state index is 13.0. The van der Waals surface area contributed by atoms with Crippen molar-refractivity contribution in [2.45, 2.75) is 13.1 Å². The van der Waals surface area contributed by atoms with Gasteiger partial charge in [-0.15, -0.1) is 0 Å². The van der Waals surface area contributed by atoms with Gasteiger partial charge in [0.1, 0.15) is 0 Å². The minimum atomic E-state index is -4.60. The molecule has 2 aromatic carbocycles. The van der Waals surface area contributed by atoms with Crippen molar-refractivity contribution >= 4 is 28.9 Å². The summed E-state index contributed by atoms with van der Waals surface area (Å²) in [6.45, 7) is 3.16. The molecular formula is C19H21ClF3N3O. The molecule has 0 aliphatic rings. The van der Waals surface area contributed by atoms with E-state index in [1.807, 2.05) is 25.1 Å². The third-order valence-corrected chi connectivity index (χ3v) is 4.23. The van der Waals surface area contributed by atoms with Crippen molar-refractivity contribution in [1.82, 2.24) is 4.90 Å². The first-order valence-corrected chi connectivity index (χ1v) is 8.63. The molecule has 8 heteroatoms. The largest absolute Gasteiger partial charge is 0.417 e. The molecule has 2 rings (SSSR count). The van der Waals surface area contributed by atoms with Gasteiger partial charge >= 0.3 is 6.18 Å². The van der Waals surface area contributed by atoms with E-state index in [9.17, 15) is 18.0 Å². The van der Waals surface area contributed by atoms with Gasteiger partial charge in [0.25, 0.3) is 5.91 Å². The average Bonchev–Trinajstić information content (AvgIpc) is 2.55. The van der Waals surface area contributed by atoms with E-state index in [0.717, 1.165) is 18.7 Å². The topological polar surface area (TPSA) is 44.4 Å². The van der Waals surface area contributed by atoms with E-state index >= 15 is 0 Å². The standard InChI is InChI=1S/C19H21ClF3N3O/c1-12-5-4-6-16(24-9-10-26(2)3)17(12)18(27)25-13-7-8-15(20)14(11-13)19(21,22)23/h4-8,11,24H,9-10H2,1-3H3,(H,25,27). The van der Waals surface area contributed by atoms with Gasteiger partial charge in [0, 0.05) is 24.5 Å². The summed E-state index contributed by atoms with van der Waals surface area (Å²) in [5.74, 6) is -0.490. The van der Waals surface area contributed by atoms with Crippen LogP contribution in [-0.2, 0) is 6.18 Å². The second-order valence-corrected chi connectivity index (χ2v) is 6.78. The van der Waals surface area contributed by atoms with Gasteiger partial charge in [-0.1, -0.05) is 23.7 Å². The molecule has 1 amide bonds. The lowest BCUT2D eigenvalue weighted by atomic mass is 10.1. The molecule has 0 atom stereocenters. The number of rotatable bonds is 6. The molecule has 2 N–H and O–H groups in total. The summed E-state index contributed by atoms with van der Waals surface area (Å²) >= 11 is 5.62. The van der Waals surface area contributed by atoms with Crippen LogP contribution in [0.3, 0.4) is 0 Å². The highest BCUT2D eigenvalue weighted by atomic mass is 35.5. The molecule has 2 aromatic rings. The maximum Gasteiger partial charge on any atom is 0.417 e. The van der Waals surface area contributed by atoms with Crippen molar-refractivity contribution in [3.63, 3.8) is 0 Å². The molecule has 27 heavy (non-hydrogen) atoms. The molecule has 0 aromatic heterocycles. The van der Waals surface area contributed by atoms with Crippen molar-refractivity contribution < 1.29 is 18.0 Å². The van der Waals surface area contributed by atoms with Crippen LogP contribution in [0.4, 0.5) is 24.5 Å². The van der Waals surface area contributed by atoms with Crippen LogP contribution in [0, 0.1) is 6.92 Å². The van der Waals surface area contributed by atoms with Gasteiger partial charge in [-0.25, -0.2) is 0 Å². The quantitative estimate of drug-likeness (QED) is 0.726. The lowest BCUT2D eigenvalue weighted by Crippen LogP contribution is -2.23. The summed E-state index contributed by atoms with van der Waals surface area (Å²) in [6, 6.07) is 8.64. The second kappa shape index (κ2) is 8.63. The highest BCUT2D eigenvalue weighted by Gasteiger charge is 2.33. The second-order valence-electron chi connectivity index (χ2n) is 6.37. The summed E-state index contributed by atoms with van der Waals surface area (Å²) in [7, 11) is 3.87. The lowest BCUT2D eigenvalue weighted by molar-refractivity contribution is -0.137. The zero-order chi connectivity index (χ0) is 20.2. The van der Waals surface area contributed by atoms with E-state index in [2.05, 4.69) is 10.6 Å². The Morgan fingerprint density at radius 2 is 1.89 bits per heavy atom. The highest BCUT2D eigenvalue weighted by Crippen LogP contribution is 2.36. The number of alkyl halides is 3.